The second kappa shape index (κ2) is 8.16. The van der Waals surface area contributed by atoms with Gasteiger partial charge < -0.3 is 10.6 Å². The predicted octanol–water partition coefficient (Wildman–Crippen LogP) is 3.65. The van der Waals surface area contributed by atoms with E-state index in [0.717, 1.165) is 19.0 Å². The first-order chi connectivity index (χ1) is 8.57. The van der Waals surface area contributed by atoms with Crippen LogP contribution in [-0.4, -0.2) is 31.1 Å². The van der Waals surface area contributed by atoms with Crippen LogP contribution in [0.5, 0.6) is 0 Å². The van der Waals surface area contributed by atoms with E-state index >= 15 is 0 Å². The lowest BCUT2D eigenvalue weighted by Crippen LogP contribution is -2.40. The van der Waals surface area contributed by atoms with E-state index in [2.05, 4.69) is 25.7 Å². The fourth-order valence-corrected chi connectivity index (χ4v) is 3.10. The van der Waals surface area contributed by atoms with Crippen molar-refractivity contribution in [2.24, 2.45) is 17.1 Å². The van der Waals surface area contributed by atoms with Crippen LogP contribution in [0.15, 0.2) is 0 Å². The zero-order valence-electron chi connectivity index (χ0n) is 12.9. The third kappa shape index (κ3) is 6.19. The van der Waals surface area contributed by atoms with Crippen LogP contribution in [0.2, 0.25) is 0 Å². The highest BCUT2D eigenvalue weighted by Crippen LogP contribution is 2.27. The van der Waals surface area contributed by atoms with Gasteiger partial charge in [-0.15, -0.1) is 0 Å². The molecule has 2 heteroatoms. The minimum absolute atomic E-state index is 0.266. The summed E-state index contributed by atoms with van der Waals surface area (Å²) >= 11 is 0. The molecule has 1 saturated carbocycles. The fraction of sp³-hybridized carbons (Fsp3) is 1.00. The second-order valence-electron chi connectivity index (χ2n) is 6.94. The minimum Gasteiger partial charge on any atom is -0.330 e. The van der Waals surface area contributed by atoms with Gasteiger partial charge in [0, 0.05) is 6.54 Å². The summed E-state index contributed by atoms with van der Waals surface area (Å²) in [5, 5.41) is 0. The maximum absolute atomic E-state index is 5.86. The van der Waals surface area contributed by atoms with E-state index in [4.69, 9.17) is 5.73 Å². The van der Waals surface area contributed by atoms with Gasteiger partial charge in [-0.3, -0.25) is 0 Å². The van der Waals surface area contributed by atoms with E-state index in [1.807, 2.05) is 0 Å². The molecule has 0 radical (unpaired) electrons. The normalized spacial score (nSPS) is 18.5. The maximum atomic E-state index is 5.86. The fourth-order valence-electron chi connectivity index (χ4n) is 3.10. The van der Waals surface area contributed by atoms with Crippen molar-refractivity contribution in [3.8, 4) is 0 Å². The SMILES string of the molecule is CCCN(CCC1CCCCC1)CC(C)(C)CN. The Bertz CT molecular complexity index is 207. The molecule has 0 saturated heterocycles. The topological polar surface area (TPSA) is 29.3 Å². The predicted molar refractivity (Wildman–Crippen MR) is 80.8 cm³/mol. The van der Waals surface area contributed by atoms with Crippen molar-refractivity contribution < 1.29 is 0 Å². The molecule has 1 rings (SSSR count). The molecule has 18 heavy (non-hydrogen) atoms. The van der Waals surface area contributed by atoms with Gasteiger partial charge in [-0.25, -0.2) is 0 Å². The molecule has 0 bridgehead atoms. The lowest BCUT2D eigenvalue weighted by molar-refractivity contribution is 0.166. The van der Waals surface area contributed by atoms with Crippen molar-refractivity contribution >= 4 is 0 Å². The molecule has 0 aliphatic heterocycles. The van der Waals surface area contributed by atoms with Crippen LogP contribution in [0.4, 0.5) is 0 Å². The standard InChI is InChI=1S/C16H34N2/c1-4-11-18(14-16(2,3)13-17)12-10-15-8-6-5-7-9-15/h15H,4-14,17H2,1-3H3. The van der Waals surface area contributed by atoms with Crippen LogP contribution in [0.1, 0.15) is 65.7 Å². The van der Waals surface area contributed by atoms with Crippen LogP contribution in [0.3, 0.4) is 0 Å². The van der Waals surface area contributed by atoms with Gasteiger partial charge in [-0.1, -0.05) is 52.9 Å². The first-order valence-electron chi connectivity index (χ1n) is 8.00. The number of nitrogens with zero attached hydrogens (tertiary/aromatic N) is 1. The smallest absolute Gasteiger partial charge is 0.00447 e. The Balaban J connectivity index is 2.32. The van der Waals surface area contributed by atoms with Gasteiger partial charge in [0.2, 0.25) is 0 Å². The van der Waals surface area contributed by atoms with E-state index < -0.39 is 0 Å². The van der Waals surface area contributed by atoms with Gasteiger partial charge in [0.25, 0.3) is 0 Å². The summed E-state index contributed by atoms with van der Waals surface area (Å²) in [6.45, 7) is 11.3. The van der Waals surface area contributed by atoms with Gasteiger partial charge in [0.05, 0.1) is 0 Å². The third-order valence-corrected chi connectivity index (χ3v) is 4.32. The first-order valence-corrected chi connectivity index (χ1v) is 8.00. The average molecular weight is 254 g/mol. The molecule has 0 heterocycles. The summed E-state index contributed by atoms with van der Waals surface area (Å²) in [5.74, 6) is 0.999. The average Bonchev–Trinajstić information content (AvgIpc) is 2.37. The van der Waals surface area contributed by atoms with Gasteiger partial charge in [0.1, 0.15) is 0 Å². The molecule has 2 N–H and O–H groups in total. The molecule has 108 valence electrons. The summed E-state index contributed by atoms with van der Waals surface area (Å²) in [4.78, 5) is 2.64. The number of nitrogens with two attached hydrogens (primary N) is 1. The molecule has 0 atom stereocenters. The quantitative estimate of drug-likeness (QED) is 0.716. The summed E-state index contributed by atoms with van der Waals surface area (Å²) < 4.78 is 0. The minimum atomic E-state index is 0.266. The van der Waals surface area contributed by atoms with Crippen molar-refractivity contribution in [2.75, 3.05) is 26.2 Å². The second-order valence-corrected chi connectivity index (χ2v) is 6.94. The molecule has 0 amide bonds. The molecular weight excluding hydrogens is 220 g/mol. The molecule has 0 aromatic rings. The summed E-state index contributed by atoms with van der Waals surface area (Å²) in [5.41, 5.74) is 6.13. The Morgan fingerprint density at radius 1 is 1.11 bits per heavy atom. The number of hydrogen-bond donors (Lipinski definition) is 1. The Morgan fingerprint density at radius 2 is 1.78 bits per heavy atom. The lowest BCUT2D eigenvalue weighted by atomic mass is 9.86. The van der Waals surface area contributed by atoms with Crippen LogP contribution in [0.25, 0.3) is 0 Å². The van der Waals surface area contributed by atoms with E-state index in [1.165, 1.54) is 58.0 Å². The van der Waals surface area contributed by atoms with Crippen molar-refractivity contribution in [3.63, 3.8) is 0 Å². The summed E-state index contributed by atoms with van der Waals surface area (Å²) in [6.07, 6.45) is 10.0. The monoisotopic (exact) mass is 254 g/mol. The maximum Gasteiger partial charge on any atom is 0.00447 e. The molecule has 0 spiro atoms. The summed E-state index contributed by atoms with van der Waals surface area (Å²) in [7, 11) is 0. The summed E-state index contributed by atoms with van der Waals surface area (Å²) in [6, 6.07) is 0. The molecule has 2 nitrogen and oxygen atoms in total. The molecular formula is C16H34N2. The van der Waals surface area contributed by atoms with Gasteiger partial charge >= 0.3 is 0 Å². The van der Waals surface area contributed by atoms with E-state index in [1.54, 1.807) is 0 Å². The molecule has 1 fully saturated rings. The van der Waals surface area contributed by atoms with Gasteiger partial charge in [-0.05, 0) is 43.8 Å². The lowest BCUT2D eigenvalue weighted by Gasteiger charge is -2.33. The number of rotatable bonds is 8. The van der Waals surface area contributed by atoms with Crippen LogP contribution >= 0.6 is 0 Å². The largest absolute Gasteiger partial charge is 0.330 e. The zero-order chi connectivity index (χ0) is 13.4. The van der Waals surface area contributed by atoms with Crippen molar-refractivity contribution in [1.82, 2.24) is 4.90 Å². The number of hydrogen-bond acceptors (Lipinski definition) is 2. The van der Waals surface area contributed by atoms with Crippen LogP contribution in [-0.2, 0) is 0 Å². The third-order valence-electron chi connectivity index (χ3n) is 4.32. The zero-order valence-corrected chi connectivity index (χ0v) is 12.9. The van der Waals surface area contributed by atoms with Gasteiger partial charge in [-0.2, -0.15) is 0 Å². The Hall–Kier alpha value is -0.0800. The Labute approximate surface area is 114 Å². The molecule has 1 aliphatic carbocycles. The van der Waals surface area contributed by atoms with Gasteiger partial charge in [0.15, 0.2) is 0 Å². The highest BCUT2D eigenvalue weighted by atomic mass is 15.1. The Kier molecular flexibility index (Phi) is 7.25. The van der Waals surface area contributed by atoms with E-state index in [9.17, 15) is 0 Å². The molecule has 0 unspecified atom stereocenters. The van der Waals surface area contributed by atoms with Crippen molar-refractivity contribution in [2.45, 2.75) is 65.7 Å². The molecule has 0 aromatic heterocycles. The van der Waals surface area contributed by atoms with Crippen LogP contribution in [0, 0.1) is 11.3 Å². The van der Waals surface area contributed by atoms with Crippen molar-refractivity contribution in [3.05, 3.63) is 0 Å². The van der Waals surface area contributed by atoms with Crippen molar-refractivity contribution in [1.29, 1.82) is 0 Å². The van der Waals surface area contributed by atoms with E-state index in [0.29, 0.717) is 0 Å². The Morgan fingerprint density at radius 3 is 2.33 bits per heavy atom. The van der Waals surface area contributed by atoms with Crippen LogP contribution < -0.4 is 5.73 Å². The highest BCUT2D eigenvalue weighted by molar-refractivity contribution is 4.76. The van der Waals surface area contributed by atoms with E-state index in [-0.39, 0.29) is 5.41 Å². The molecule has 0 aromatic carbocycles. The first kappa shape index (κ1) is 16.0. The molecule has 1 aliphatic rings. The highest BCUT2D eigenvalue weighted by Gasteiger charge is 2.21.